The molecule has 3 aromatic rings. The number of anilines is 2. The van der Waals surface area contributed by atoms with Crippen LogP contribution in [0.5, 0.6) is 11.5 Å². The molecule has 1 heterocycles. The summed E-state index contributed by atoms with van der Waals surface area (Å²) >= 11 is 6.16. The zero-order chi connectivity index (χ0) is 22.8. The van der Waals surface area contributed by atoms with Gasteiger partial charge in [0.05, 0.1) is 31.2 Å². The van der Waals surface area contributed by atoms with Crippen molar-refractivity contribution in [2.45, 2.75) is 6.92 Å². The molecule has 3 aromatic carbocycles. The van der Waals surface area contributed by atoms with Crippen LogP contribution in [-0.2, 0) is 9.59 Å². The normalized spacial score (nSPS) is 13.6. The summed E-state index contributed by atoms with van der Waals surface area (Å²) in [6, 6.07) is 19.2. The molecule has 1 aliphatic heterocycles. The molecule has 0 atom stereocenters. The van der Waals surface area contributed by atoms with E-state index in [0.717, 1.165) is 5.56 Å². The molecule has 32 heavy (non-hydrogen) atoms. The number of aryl methyl sites for hydroxylation is 1. The molecule has 4 rings (SSSR count). The molecular formula is C25H21ClN2O4. The molecule has 0 bridgehead atoms. The van der Waals surface area contributed by atoms with Gasteiger partial charge in [0.2, 0.25) is 0 Å². The Morgan fingerprint density at radius 2 is 1.53 bits per heavy atom. The average Bonchev–Trinajstić information content (AvgIpc) is 3.04. The van der Waals surface area contributed by atoms with Crippen LogP contribution in [0.1, 0.15) is 11.1 Å². The Labute approximate surface area is 191 Å². The van der Waals surface area contributed by atoms with Gasteiger partial charge in [-0.15, -0.1) is 0 Å². The summed E-state index contributed by atoms with van der Waals surface area (Å²) in [5, 5.41) is 3.56. The first kappa shape index (κ1) is 21.5. The Morgan fingerprint density at radius 3 is 2.16 bits per heavy atom. The summed E-state index contributed by atoms with van der Waals surface area (Å²) in [6.45, 7) is 1.94. The fourth-order valence-corrected chi connectivity index (χ4v) is 3.68. The third kappa shape index (κ3) is 3.92. The molecule has 0 fully saturated rings. The third-order valence-corrected chi connectivity index (χ3v) is 5.41. The van der Waals surface area contributed by atoms with Crippen molar-refractivity contribution in [3.63, 3.8) is 0 Å². The van der Waals surface area contributed by atoms with Gasteiger partial charge in [-0.3, -0.25) is 9.59 Å². The van der Waals surface area contributed by atoms with Crippen molar-refractivity contribution in [1.29, 1.82) is 0 Å². The quantitative estimate of drug-likeness (QED) is 0.534. The van der Waals surface area contributed by atoms with Gasteiger partial charge in [-0.05, 0) is 55.0 Å². The maximum absolute atomic E-state index is 13.5. The summed E-state index contributed by atoms with van der Waals surface area (Å²) in [4.78, 5) is 28.1. The molecule has 0 aliphatic carbocycles. The third-order valence-electron chi connectivity index (χ3n) is 5.18. The van der Waals surface area contributed by atoms with Crippen LogP contribution >= 0.6 is 11.6 Å². The van der Waals surface area contributed by atoms with E-state index in [9.17, 15) is 9.59 Å². The molecule has 1 N–H and O–H groups in total. The van der Waals surface area contributed by atoms with E-state index in [1.807, 2.05) is 19.1 Å². The lowest BCUT2D eigenvalue weighted by atomic mass is 10.0. The monoisotopic (exact) mass is 448 g/mol. The van der Waals surface area contributed by atoms with Crippen LogP contribution in [0.25, 0.3) is 5.57 Å². The van der Waals surface area contributed by atoms with E-state index in [2.05, 4.69) is 5.32 Å². The molecule has 0 radical (unpaired) electrons. The van der Waals surface area contributed by atoms with Gasteiger partial charge < -0.3 is 14.8 Å². The molecule has 0 spiro atoms. The van der Waals surface area contributed by atoms with Gasteiger partial charge in [-0.1, -0.05) is 41.4 Å². The predicted molar refractivity (Wildman–Crippen MR) is 125 cm³/mol. The number of nitrogens with one attached hydrogen (secondary N) is 1. The van der Waals surface area contributed by atoms with E-state index in [1.165, 1.54) is 12.0 Å². The average molecular weight is 449 g/mol. The van der Waals surface area contributed by atoms with Crippen LogP contribution in [0.2, 0.25) is 5.02 Å². The number of carbonyl (C=O) groups is 2. The van der Waals surface area contributed by atoms with E-state index >= 15 is 0 Å². The minimum absolute atomic E-state index is 0.140. The molecular weight excluding hydrogens is 428 g/mol. The molecule has 162 valence electrons. The zero-order valence-corrected chi connectivity index (χ0v) is 18.6. The molecule has 0 saturated heterocycles. The Hall–Kier alpha value is -3.77. The number of hydrogen-bond donors (Lipinski definition) is 1. The molecule has 0 aromatic heterocycles. The Morgan fingerprint density at radius 1 is 0.844 bits per heavy atom. The number of methoxy groups -OCH3 is 2. The van der Waals surface area contributed by atoms with Crippen molar-refractivity contribution in [3.8, 4) is 11.5 Å². The van der Waals surface area contributed by atoms with Crippen LogP contribution < -0.4 is 19.7 Å². The number of carbonyl (C=O) groups excluding carboxylic acids is 2. The smallest absolute Gasteiger partial charge is 0.282 e. The highest BCUT2D eigenvalue weighted by atomic mass is 35.5. The van der Waals surface area contributed by atoms with Gasteiger partial charge in [-0.2, -0.15) is 0 Å². The second-order valence-electron chi connectivity index (χ2n) is 7.23. The van der Waals surface area contributed by atoms with Gasteiger partial charge in [0.1, 0.15) is 17.2 Å². The zero-order valence-electron chi connectivity index (χ0n) is 17.8. The lowest BCUT2D eigenvalue weighted by Gasteiger charge is -2.16. The first-order valence-electron chi connectivity index (χ1n) is 9.87. The lowest BCUT2D eigenvalue weighted by Crippen LogP contribution is -2.32. The Kier molecular flexibility index (Phi) is 5.88. The van der Waals surface area contributed by atoms with E-state index in [0.29, 0.717) is 33.5 Å². The van der Waals surface area contributed by atoms with E-state index < -0.39 is 11.8 Å². The van der Waals surface area contributed by atoms with E-state index in [1.54, 1.807) is 61.7 Å². The number of halogens is 1. The summed E-state index contributed by atoms with van der Waals surface area (Å²) in [7, 11) is 3.09. The van der Waals surface area contributed by atoms with Crippen molar-refractivity contribution in [2.24, 2.45) is 0 Å². The number of amides is 2. The number of imide groups is 1. The summed E-state index contributed by atoms with van der Waals surface area (Å²) in [5.74, 6) is 0.247. The molecule has 2 amide bonds. The highest BCUT2D eigenvalue weighted by molar-refractivity contribution is 6.46. The van der Waals surface area contributed by atoms with Crippen LogP contribution in [-0.4, -0.2) is 26.0 Å². The van der Waals surface area contributed by atoms with Crippen molar-refractivity contribution in [2.75, 3.05) is 24.4 Å². The highest BCUT2D eigenvalue weighted by Crippen LogP contribution is 2.37. The number of hydrogen-bond acceptors (Lipinski definition) is 5. The standard InChI is InChI=1S/C25H21ClN2O4/c1-15-4-9-18(10-5-15)28-24(29)22(16-6-11-19(31-2)12-7-16)23(25(28)30)27-20-14-17(26)8-13-21(20)32-3/h4-14,27H,1-3H3. The number of ether oxygens (including phenoxy) is 2. The minimum Gasteiger partial charge on any atom is -0.497 e. The largest absolute Gasteiger partial charge is 0.497 e. The second-order valence-corrected chi connectivity index (χ2v) is 7.67. The van der Waals surface area contributed by atoms with Gasteiger partial charge in [-0.25, -0.2) is 4.90 Å². The Balaban J connectivity index is 1.84. The number of nitrogens with zero attached hydrogens (tertiary/aromatic N) is 1. The van der Waals surface area contributed by atoms with Gasteiger partial charge >= 0.3 is 0 Å². The Bertz CT molecular complexity index is 1220. The maximum Gasteiger partial charge on any atom is 0.282 e. The van der Waals surface area contributed by atoms with Crippen molar-refractivity contribution in [3.05, 3.63) is 88.6 Å². The highest BCUT2D eigenvalue weighted by Gasteiger charge is 2.40. The molecule has 7 heteroatoms. The van der Waals surface area contributed by atoms with Crippen LogP contribution in [0.3, 0.4) is 0 Å². The number of rotatable bonds is 6. The van der Waals surface area contributed by atoms with Crippen LogP contribution in [0.15, 0.2) is 72.4 Å². The molecule has 0 saturated carbocycles. The topological polar surface area (TPSA) is 67.9 Å². The van der Waals surface area contributed by atoms with E-state index in [-0.39, 0.29) is 11.3 Å². The van der Waals surface area contributed by atoms with Gasteiger partial charge in [0.25, 0.3) is 11.8 Å². The summed E-state index contributed by atoms with van der Waals surface area (Å²) in [6.07, 6.45) is 0. The molecule has 6 nitrogen and oxygen atoms in total. The van der Waals surface area contributed by atoms with E-state index in [4.69, 9.17) is 21.1 Å². The SMILES string of the molecule is COc1ccc(C2=C(Nc3cc(Cl)ccc3OC)C(=O)N(c3ccc(C)cc3)C2=O)cc1. The molecule has 1 aliphatic rings. The van der Waals surface area contributed by atoms with Crippen molar-refractivity contribution in [1.82, 2.24) is 0 Å². The summed E-state index contributed by atoms with van der Waals surface area (Å²) < 4.78 is 10.6. The first-order valence-corrected chi connectivity index (χ1v) is 10.3. The molecule has 0 unspecified atom stereocenters. The first-order chi connectivity index (χ1) is 15.4. The van der Waals surface area contributed by atoms with Gasteiger partial charge in [0, 0.05) is 5.02 Å². The summed E-state index contributed by atoms with van der Waals surface area (Å²) in [5.41, 5.74) is 2.97. The van der Waals surface area contributed by atoms with Crippen LogP contribution in [0, 0.1) is 6.92 Å². The van der Waals surface area contributed by atoms with Crippen molar-refractivity contribution < 1.29 is 19.1 Å². The van der Waals surface area contributed by atoms with Crippen LogP contribution in [0.4, 0.5) is 11.4 Å². The fraction of sp³-hybridized carbons (Fsp3) is 0.120. The number of benzene rings is 3. The lowest BCUT2D eigenvalue weighted by molar-refractivity contribution is -0.120. The maximum atomic E-state index is 13.5. The van der Waals surface area contributed by atoms with Crippen molar-refractivity contribution >= 4 is 40.4 Å². The van der Waals surface area contributed by atoms with Gasteiger partial charge in [0.15, 0.2) is 0 Å². The minimum atomic E-state index is -0.466. The predicted octanol–water partition coefficient (Wildman–Crippen LogP) is 5.06. The second kappa shape index (κ2) is 8.77. The fourth-order valence-electron chi connectivity index (χ4n) is 3.51.